The van der Waals surface area contributed by atoms with Crippen molar-refractivity contribution < 1.29 is 4.79 Å². The third kappa shape index (κ3) is 1.49. The van der Waals surface area contributed by atoms with Gasteiger partial charge in [0.25, 0.3) is 5.91 Å². The van der Waals surface area contributed by atoms with E-state index in [1.54, 1.807) is 0 Å². The smallest absolute Gasteiger partial charge is 0.258 e. The van der Waals surface area contributed by atoms with Crippen LogP contribution in [0.15, 0.2) is 4.99 Å². The van der Waals surface area contributed by atoms with Crippen LogP contribution in [0.25, 0.3) is 0 Å². The molecular weight excluding hydrogens is 206 g/mol. The Balaban J connectivity index is 1.85. The first-order valence-electron chi connectivity index (χ1n) is 5.89. The van der Waals surface area contributed by atoms with Crippen molar-refractivity contribution in [1.29, 1.82) is 0 Å². The van der Waals surface area contributed by atoms with Gasteiger partial charge in [0.05, 0.1) is 5.16 Å². The molecule has 4 bridgehead atoms. The fraction of sp³-hybridized carbons (Fsp3) is 0.833. The summed E-state index contributed by atoms with van der Waals surface area (Å²) in [5.41, 5.74) is 0. The molecule has 0 aliphatic heterocycles. The molecule has 1 amide bonds. The molecule has 0 radical (unpaired) electrons. The molecule has 0 unspecified atom stereocenters. The highest BCUT2D eigenvalue weighted by Gasteiger charge is 2.50. The number of aliphatic imine (C=N–C) groups is 1. The molecule has 3 heteroatoms. The highest BCUT2D eigenvalue weighted by atomic mass is 32.1. The van der Waals surface area contributed by atoms with Crippen LogP contribution in [0.5, 0.6) is 0 Å². The minimum Gasteiger partial charge on any atom is -0.272 e. The largest absolute Gasteiger partial charge is 0.272 e. The first kappa shape index (κ1) is 9.68. The number of carbonyl (C=O) groups excluding carboxylic acids is 1. The average molecular weight is 221 g/mol. The second kappa shape index (κ2) is 3.50. The van der Waals surface area contributed by atoms with Gasteiger partial charge < -0.3 is 0 Å². The minimum absolute atomic E-state index is 0.0128. The molecule has 4 fully saturated rings. The Morgan fingerprint density at radius 3 is 2.07 bits per heavy atom. The number of rotatable bonds is 1. The molecule has 0 heterocycles. The Bertz CT molecular complexity index is 318. The molecule has 0 saturated heterocycles. The standard InChI is InChI=1S/C12H15NOS/c14-12(13-6-15)11-9-2-7-1-8(4-9)5-10(11)3-7/h7-11H,1-5H2. The molecular formula is C12H15NOS. The van der Waals surface area contributed by atoms with E-state index in [1.807, 2.05) is 0 Å². The summed E-state index contributed by atoms with van der Waals surface area (Å²) in [6, 6.07) is 0. The second-order valence-corrected chi connectivity index (χ2v) is 5.68. The lowest BCUT2D eigenvalue weighted by Crippen LogP contribution is -2.47. The van der Waals surface area contributed by atoms with Gasteiger partial charge in [0.2, 0.25) is 0 Å². The van der Waals surface area contributed by atoms with Crippen LogP contribution in [0.3, 0.4) is 0 Å². The van der Waals surface area contributed by atoms with Gasteiger partial charge in [0.1, 0.15) is 0 Å². The Morgan fingerprint density at radius 2 is 1.60 bits per heavy atom. The van der Waals surface area contributed by atoms with E-state index in [9.17, 15) is 4.79 Å². The number of amides is 1. The summed E-state index contributed by atoms with van der Waals surface area (Å²) in [5, 5.41) is 2.24. The fourth-order valence-electron chi connectivity index (χ4n) is 4.45. The molecule has 0 aromatic heterocycles. The predicted molar refractivity (Wildman–Crippen MR) is 60.6 cm³/mol. The van der Waals surface area contributed by atoms with Gasteiger partial charge in [-0.05, 0) is 68.0 Å². The van der Waals surface area contributed by atoms with Crippen molar-refractivity contribution >= 4 is 23.3 Å². The van der Waals surface area contributed by atoms with Crippen LogP contribution in [0.4, 0.5) is 0 Å². The van der Waals surface area contributed by atoms with E-state index in [0.29, 0.717) is 11.8 Å². The Hall–Kier alpha value is -0.530. The molecule has 80 valence electrons. The van der Waals surface area contributed by atoms with Crippen LogP contribution < -0.4 is 0 Å². The van der Waals surface area contributed by atoms with Gasteiger partial charge in [-0.2, -0.15) is 4.99 Å². The zero-order chi connectivity index (χ0) is 10.4. The minimum atomic E-state index is 0.0128. The molecule has 2 nitrogen and oxygen atoms in total. The quantitative estimate of drug-likeness (QED) is 0.503. The molecule has 0 atom stereocenters. The van der Waals surface area contributed by atoms with E-state index in [-0.39, 0.29) is 11.8 Å². The van der Waals surface area contributed by atoms with Crippen molar-refractivity contribution in [2.45, 2.75) is 32.1 Å². The molecule has 4 aliphatic rings. The number of hydrogen-bond donors (Lipinski definition) is 0. The summed E-state index contributed by atoms with van der Waals surface area (Å²) in [4.78, 5) is 15.5. The lowest BCUT2D eigenvalue weighted by molar-refractivity contribution is -0.134. The Morgan fingerprint density at radius 1 is 1.07 bits per heavy atom. The Labute approximate surface area is 95.2 Å². The Kier molecular flexibility index (Phi) is 2.26. The fourth-order valence-corrected chi connectivity index (χ4v) is 4.54. The maximum atomic E-state index is 11.8. The third-order valence-electron chi connectivity index (χ3n) is 4.67. The van der Waals surface area contributed by atoms with Gasteiger partial charge in [-0.15, -0.1) is 0 Å². The van der Waals surface area contributed by atoms with Crippen molar-refractivity contribution in [1.82, 2.24) is 0 Å². The summed E-state index contributed by atoms with van der Waals surface area (Å²) in [5.74, 6) is 3.25. The van der Waals surface area contributed by atoms with Crippen LogP contribution >= 0.6 is 12.2 Å². The van der Waals surface area contributed by atoms with Crippen molar-refractivity contribution in [2.75, 3.05) is 0 Å². The van der Waals surface area contributed by atoms with Crippen LogP contribution in [0.1, 0.15) is 32.1 Å². The van der Waals surface area contributed by atoms with E-state index in [2.05, 4.69) is 22.4 Å². The summed E-state index contributed by atoms with van der Waals surface area (Å²) in [6.07, 6.45) is 6.46. The topological polar surface area (TPSA) is 29.4 Å². The van der Waals surface area contributed by atoms with Gasteiger partial charge in [-0.1, -0.05) is 0 Å². The SMILES string of the molecule is O=C(N=C=S)C1C2CC3CC(C2)CC1C3. The zero-order valence-electron chi connectivity index (χ0n) is 8.69. The molecule has 0 spiro atoms. The number of thiocarbonyl (C=S) groups is 1. The molecule has 0 aromatic rings. The number of isothiocyanates is 1. The molecule has 15 heavy (non-hydrogen) atoms. The van der Waals surface area contributed by atoms with Gasteiger partial charge in [-0.25, -0.2) is 0 Å². The second-order valence-electron chi connectivity index (χ2n) is 5.50. The molecule has 0 aromatic carbocycles. The zero-order valence-corrected chi connectivity index (χ0v) is 9.50. The van der Waals surface area contributed by atoms with E-state index >= 15 is 0 Å². The first-order valence-corrected chi connectivity index (χ1v) is 6.30. The highest BCUT2D eigenvalue weighted by molar-refractivity contribution is 7.78. The van der Waals surface area contributed by atoms with Crippen molar-refractivity contribution in [3.05, 3.63) is 0 Å². The lowest BCUT2D eigenvalue weighted by atomic mass is 9.52. The third-order valence-corrected chi connectivity index (χ3v) is 4.76. The normalized spacial score (nSPS) is 46.3. The van der Waals surface area contributed by atoms with Crippen LogP contribution in [-0.2, 0) is 4.79 Å². The first-order chi connectivity index (χ1) is 7.28. The van der Waals surface area contributed by atoms with Crippen molar-refractivity contribution in [3.8, 4) is 0 Å². The van der Waals surface area contributed by atoms with Crippen LogP contribution in [0, 0.1) is 29.6 Å². The maximum Gasteiger partial charge on any atom is 0.258 e. The monoisotopic (exact) mass is 221 g/mol. The number of carbonyl (C=O) groups is 1. The van der Waals surface area contributed by atoms with Gasteiger partial charge in [0, 0.05) is 5.92 Å². The predicted octanol–water partition coefficient (Wildman–Crippen LogP) is 2.69. The van der Waals surface area contributed by atoms with E-state index in [0.717, 1.165) is 11.8 Å². The average Bonchev–Trinajstić information content (AvgIpc) is 2.15. The van der Waals surface area contributed by atoms with Crippen LogP contribution in [-0.4, -0.2) is 11.1 Å². The van der Waals surface area contributed by atoms with E-state index < -0.39 is 0 Å². The van der Waals surface area contributed by atoms with Gasteiger partial charge >= 0.3 is 0 Å². The van der Waals surface area contributed by atoms with Crippen molar-refractivity contribution in [2.24, 2.45) is 34.6 Å². The molecule has 0 N–H and O–H groups in total. The summed E-state index contributed by atoms with van der Waals surface area (Å²) < 4.78 is 0. The maximum absolute atomic E-state index is 11.8. The lowest BCUT2D eigenvalue weighted by Gasteiger charge is -2.53. The van der Waals surface area contributed by atoms with Crippen molar-refractivity contribution in [3.63, 3.8) is 0 Å². The number of hydrogen-bond acceptors (Lipinski definition) is 2. The highest BCUT2D eigenvalue weighted by Crippen LogP contribution is 2.56. The van der Waals surface area contributed by atoms with E-state index in [4.69, 9.17) is 0 Å². The van der Waals surface area contributed by atoms with Gasteiger partial charge in [0.15, 0.2) is 0 Å². The van der Waals surface area contributed by atoms with E-state index in [1.165, 1.54) is 32.1 Å². The summed E-state index contributed by atoms with van der Waals surface area (Å²) in [7, 11) is 0. The molecule has 4 rings (SSSR count). The molecule has 4 aliphatic carbocycles. The summed E-state index contributed by atoms with van der Waals surface area (Å²) >= 11 is 4.52. The summed E-state index contributed by atoms with van der Waals surface area (Å²) in [6.45, 7) is 0. The molecule has 4 saturated carbocycles. The van der Waals surface area contributed by atoms with Crippen LogP contribution in [0.2, 0.25) is 0 Å². The van der Waals surface area contributed by atoms with Gasteiger partial charge in [-0.3, -0.25) is 4.79 Å². The number of nitrogens with zero attached hydrogens (tertiary/aromatic N) is 1.